The Hall–Kier alpha value is -1.00. The van der Waals surface area contributed by atoms with Crippen molar-refractivity contribution >= 4 is 11.6 Å². The van der Waals surface area contributed by atoms with Crippen LogP contribution in [0.15, 0.2) is 6.07 Å². The van der Waals surface area contributed by atoms with Crippen molar-refractivity contribution in [2.45, 2.75) is 6.54 Å². The van der Waals surface area contributed by atoms with Crippen LogP contribution in [0.25, 0.3) is 0 Å². The number of aromatic hydroxyl groups is 2. The van der Waals surface area contributed by atoms with Crippen LogP contribution in [0.2, 0.25) is 5.02 Å². The van der Waals surface area contributed by atoms with E-state index in [-0.39, 0.29) is 17.1 Å². The molecule has 0 aliphatic carbocycles. The van der Waals surface area contributed by atoms with Crippen LogP contribution in [-0.2, 0) is 6.54 Å². The average Bonchev–Trinajstić information content (AvgIpc) is 2.02. The molecule has 66 valence electrons. The first-order valence-electron chi connectivity index (χ1n) is 3.16. The zero-order chi connectivity index (χ0) is 9.30. The maximum absolute atomic E-state index is 12.9. The van der Waals surface area contributed by atoms with E-state index in [1.807, 2.05) is 0 Å². The normalized spacial score (nSPS) is 10.2. The summed E-state index contributed by atoms with van der Waals surface area (Å²) in [4.78, 5) is 0. The molecule has 4 N–H and O–H groups in total. The van der Waals surface area contributed by atoms with Crippen LogP contribution in [-0.4, -0.2) is 10.2 Å². The van der Waals surface area contributed by atoms with Crippen LogP contribution in [0.1, 0.15) is 5.56 Å². The lowest BCUT2D eigenvalue weighted by Crippen LogP contribution is -2.00. The second-order valence-electron chi connectivity index (χ2n) is 2.22. The molecule has 0 aromatic heterocycles. The number of halogens is 2. The van der Waals surface area contributed by atoms with Crippen molar-refractivity contribution in [1.29, 1.82) is 0 Å². The van der Waals surface area contributed by atoms with E-state index in [4.69, 9.17) is 27.5 Å². The second-order valence-corrected chi connectivity index (χ2v) is 2.63. The van der Waals surface area contributed by atoms with Gasteiger partial charge in [-0.05, 0) is 0 Å². The highest BCUT2D eigenvalue weighted by Gasteiger charge is 2.14. The van der Waals surface area contributed by atoms with Gasteiger partial charge in [0.05, 0.1) is 5.02 Å². The molecule has 5 heteroatoms. The fourth-order valence-corrected chi connectivity index (χ4v) is 1.06. The number of phenolic OH excluding ortho intramolecular Hbond substituents is 2. The van der Waals surface area contributed by atoms with Gasteiger partial charge < -0.3 is 15.9 Å². The number of hydrogen-bond donors (Lipinski definition) is 3. The standard InChI is InChI=1S/C7H7ClFNO2/c8-4-1-5(11)6(9)3(2-10)7(4)12/h1,11-12H,2,10H2. The van der Waals surface area contributed by atoms with Gasteiger partial charge in [0.2, 0.25) is 0 Å². The topological polar surface area (TPSA) is 66.5 Å². The lowest BCUT2D eigenvalue weighted by atomic mass is 10.2. The molecule has 0 fully saturated rings. The van der Waals surface area contributed by atoms with Crippen molar-refractivity contribution in [2.24, 2.45) is 5.73 Å². The Kier molecular flexibility index (Phi) is 2.40. The summed E-state index contributed by atoms with van der Waals surface area (Å²) in [6.45, 7) is -0.216. The maximum atomic E-state index is 12.9. The van der Waals surface area contributed by atoms with E-state index in [0.29, 0.717) is 0 Å². The van der Waals surface area contributed by atoms with Gasteiger partial charge >= 0.3 is 0 Å². The molecule has 0 saturated carbocycles. The molecule has 0 aliphatic rings. The van der Waals surface area contributed by atoms with Gasteiger partial charge in [0.25, 0.3) is 0 Å². The highest BCUT2D eigenvalue weighted by atomic mass is 35.5. The van der Waals surface area contributed by atoms with E-state index in [1.54, 1.807) is 0 Å². The van der Waals surface area contributed by atoms with Gasteiger partial charge in [-0.1, -0.05) is 11.6 Å². The number of rotatable bonds is 1. The largest absolute Gasteiger partial charge is 0.506 e. The Labute approximate surface area is 73.2 Å². The third-order valence-electron chi connectivity index (χ3n) is 1.47. The van der Waals surface area contributed by atoms with Crippen LogP contribution in [0, 0.1) is 5.82 Å². The fourth-order valence-electron chi connectivity index (χ4n) is 0.841. The molecule has 0 unspecified atom stereocenters. The fraction of sp³-hybridized carbons (Fsp3) is 0.143. The second kappa shape index (κ2) is 3.16. The van der Waals surface area contributed by atoms with Crippen molar-refractivity contribution in [3.63, 3.8) is 0 Å². The highest BCUT2D eigenvalue weighted by Crippen LogP contribution is 2.34. The van der Waals surface area contributed by atoms with Gasteiger partial charge in [-0.25, -0.2) is 4.39 Å². The summed E-state index contributed by atoms with van der Waals surface area (Å²) in [5, 5.41) is 17.9. The molecule has 0 aliphatic heterocycles. The number of hydrogen-bond acceptors (Lipinski definition) is 3. The summed E-state index contributed by atoms with van der Waals surface area (Å²) < 4.78 is 12.9. The Balaban J connectivity index is 3.42. The number of nitrogens with two attached hydrogens (primary N) is 1. The maximum Gasteiger partial charge on any atom is 0.173 e. The minimum absolute atomic E-state index is 0.116. The summed E-state index contributed by atoms with van der Waals surface area (Å²) >= 11 is 5.44. The smallest absolute Gasteiger partial charge is 0.173 e. The predicted octanol–water partition coefficient (Wildman–Crippen LogP) is 1.35. The van der Waals surface area contributed by atoms with Gasteiger partial charge in [-0.2, -0.15) is 0 Å². The molecule has 0 heterocycles. The number of benzene rings is 1. The molecule has 1 aromatic rings. The van der Waals surface area contributed by atoms with Crippen molar-refractivity contribution < 1.29 is 14.6 Å². The molecular weight excluding hydrogens is 185 g/mol. The highest BCUT2D eigenvalue weighted by molar-refractivity contribution is 6.32. The SMILES string of the molecule is NCc1c(O)c(Cl)cc(O)c1F. The molecule has 12 heavy (non-hydrogen) atoms. The minimum Gasteiger partial charge on any atom is -0.506 e. The van der Waals surface area contributed by atoms with Gasteiger partial charge in [-0.15, -0.1) is 0 Å². The first-order chi connectivity index (χ1) is 5.57. The van der Waals surface area contributed by atoms with Crippen LogP contribution in [0.3, 0.4) is 0 Å². The van der Waals surface area contributed by atoms with E-state index in [1.165, 1.54) is 0 Å². The molecule has 0 spiro atoms. The van der Waals surface area contributed by atoms with Crippen molar-refractivity contribution in [2.75, 3.05) is 0 Å². The summed E-state index contributed by atoms with van der Waals surface area (Å²) in [7, 11) is 0. The summed E-state index contributed by atoms with van der Waals surface area (Å²) in [6, 6.07) is 0.922. The monoisotopic (exact) mass is 191 g/mol. The van der Waals surface area contributed by atoms with E-state index in [2.05, 4.69) is 0 Å². The van der Waals surface area contributed by atoms with Crippen molar-refractivity contribution in [1.82, 2.24) is 0 Å². The van der Waals surface area contributed by atoms with Gasteiger partial charge in [0.1, 0.15) is 5.75 Å². The average molecular weight is 192 g/mol. The Bertz CT molecular complexity index is 291. The third-order valence-corrected chi connectivity index (χ3v) is 1.76. The van der Waals surface area contributed by atoms with Crippen LogP contribution >= 0.6 is 11.6 Å². The number of phenols is 2. The molecule has 1 rings (SSSR count). The Morgan fingerprint density at radius 1 is 1.50 bits per heavy atom. The van der Waals surface area contributed by atoms with Gasteiger partial charge in [0.15, 0.2) is 11.6 Å². The summed E-state index contributed by atoms with van der Waals surface area (Å²) in [6.07, 6.45) is 0. The molecule has 0 saturated heterocycles. The summed E-state index contributed by atoms with van der Waals surface area (Å²) in [5.74, 6) is -1.97. The molecule has 0 bridgehead atoms. The molecule has 3 nitrogen and oxygen atoms in total. The Morgan fingerprint density at radius 3 is 2.58 bits per heavy atom. The van der Waals surface area contributed by atoms with E-state index in [9.17, 15) is 4.39 Å². The first-order valence-corrected chi connectivity index (χ1v) is 3.54. The minimum atomic E-state index is -0.931. The molecular formula is C7H7ClFNO2. The Morgan fingerprint density at radius 2 is 2.08 bits per heavy atom. The van der Waals surface area contributed by atoms with Crippen molar-refractivity contribution in [3.8, 4) is 11.5 Å². The third kappa shape index (κ3) is 1.31. The van der Waals surface area contributed by atoms with Gasteiger partial charge in [-0.3, -0.25) is 0 Å². The van der Waals surface area contributed by atoms with E-state index in [0.717, 1.165) is 6.07 Å². The molecule has 1 aromatic carbocycles. The molecule has 0 atom stereocenters. The lowest BCUT2D eigenvalue weighted by Gasteiger charge is -2.06. The van der Waals surface area contributed by atoms with Gasteiger partial charge in [0, 0.05) is 18.2 Å². The summed E-state index contributed by atoms with van der Waals surface area (Å²) in [5.41, 5.74) is 4.94. The lowest BCUT2D eigenvalue weighted by molar-refractivity contribution is 0.414. The van der Waals surface area contributed by atoms with Crippen LogP contribution in [0.4, 0.5) is 4.39 Å². The van der Waals surface area contributed by atoms with Crippen LogP contribution in [0.5, 0.6) is 11.5 Å². The van der Waals surface area contributed by atoms with E-state index >= 15 is 0 Å². The van der Waals surface area contributed by atoms with E-state index < -0.39 is 17.3 Å². The zero-order valence-electron chi connectivity index (χ0n) is 6.01. The first kappa shape index (κ1) is 9.09. The molecule has 0 amide bonds. The van der Waals surface area contributed by atoms with Crippen LogP contribution < -0.4 is 5.73 Å². The zero-order valence-corrected chi connectivity index (χ0v) is 6.77. The molecule has 0 radical (unpaired) electrons. The predicted molar refractivity (Wildman–Crippen MR) is 42.6 cm³/mol. The van der Waals surface area contributed by atoms with Crippen molar-refractivity contribution in [3.05, 3.63) is 22.5 Å². The quantitative estimate of drug-likeness (QED) is 0.587.